The summed E-state index contributed by atoms with van der Waals surface area (Å²) in [6.45, 7) is 2.14. The third-order valence-corrected chi connectivity index (χ3v) is 3.61. The largest absolute Gasteiger partial charge is 0.473 e. The first kappa shape index (κ1) is 14.1. The van der Waals surface area contributed by atoms with Crippen LogP contribution in [-0.4, -0.2) is 18.7 Å². The van der Waals surface area contributed by atoms with Gasteiger partial charge in [-0.2, -0.15) is 0 Å². The minimum atomic E-state index is -0.401. The second-order valence-electron chi connectivity index (χ2n) is 5.18. The van der Waals surface area contributed by atoms with Crippen molar-refractivity contribution >= 4 is 11.2 Å². The lowest BCUT2D eigenvalue weighted by Gasteiger charge is -2.09. The predicted octanol–water partition coefficient (Wildman–Crippen LogP) is 0.779. The molecule has 2 aromatic heterocycles. The molecule has 0 aliphatic carbocycles. The van der Waals surface area contributed by atoms with E-state index in [0.717, 1.165) is 10.1 Å². The standard InChI is InChI=1S/C15H16N4O3/c1-10-4-6-11(7-5-10)22-9-19-8-16-13-12(19)14(20)18(3)15(21)17(13)2/h4-8H,9H2,1-3H3. The van der Waals surface area contributed by atoms with E-state index in [0.29, 0.717) is 16.9 Å². The average Bonchev–Trinajstić information content (AvgIpc) is 2.94. The van der Waals surface area contributed by atoms with Gasteiger partial charge < -0.3 is 4.74 Å². The van der Waals surface area contributed by atoms with Crippen LogP contribution in [0.5, 0.6) is 5.75 Å². The number of aromatic nitrogens is 4. The van der Waals surface area contributed by atoms with Gasteiger partial charge in [0.1, 0.15) is 12.1 Å². The maximum absolute atomic E-state index is 12.3. The second-order valence-corrected chi connectivity index (χ2v) is 5.18. The predicted molar refractivity (Wildman–Crippen MR) is 82.0 cm³/mol. The molecular weight excluding hydrogens is 284 g/mol. The van der Waals surface area contributed by atoms with Gasteiger partial charge in [0.05, 0.1) is 0 Å². The molecule has 7 heteroatoms. The van der Waals surface area contributed by atoms with Gasteiger partial charge in [-0.1, -0.05) is 17.7 Å². The first-order valence-corrected chi connectivity index (χ1v) is 6.79. The van der Waals surface area contributed by atoms with Gasteiger partial charge in [0.25, 0.3) is 5.56 Å². The van der Waals surface area contributed by atoms with Crippen molar-refractivity contribution in [1.82, 2.24) is 18.7 Å². The summed E-state index contributed by atoms with van der Waals surface area (Å²) < 4.78 is 9.67. The molecule has 0 unspecified atom stereocenters. The number of hydrogen-bond acceptors (Lipinski definition) is 4. The van der Waals surface area contributed by atoms with Crippen LogP contribution in [0.3, 0.4) is 0 Å². The van der Waals surface area contributed by atoms with Crippen molar-refractivity contribution < 1.29 is 4.74 Å². The van der Waals surface area contributed by atoms with Gasteiger partial charge in [0.2, 0.25) is 0 Å². The number of aryl methyl sites for hydroxylation is 2. The van der Waals surface area contributed by atoms with Crippen molar-refractivity contribution in [2.45, 2.75) is 13.7 Å². The summed E-state index contributed by atoms with van der Waals surface area (Å²) in [5.74, 6) is 0.703. The van der Waals surface area contributed by atoms with Crippen LogP contribution in [0.15, 0.2) is 40.2 Å². The van der Waals surface area contributed by atoms with Gasteiger partial charge >= 0.3 is 5.69 Å². The molecule has 3 rings (SSSR count). The van der Waals surface area contributed by atoms with Crippen LogP contribution in [0, 0.1) is 6.92 Å². The maximum atomic E-state index is 12.3. The molecule has 0 saturated heterocycles. The highest BCUT2D eigenvalue weighted by Crippen LogP contribution is 2.13. The van der Waals surface area contributed by atoms with Crippen molar-refractivity contribution in [2.24, 2.45) is 14.1 Å². The molecule has 0 amide bonds. The molecule has 2 heterocycles. The highest BCUT2D eigenvalue weighted by Gasteiger charge is 2.14. The number of rotatable bonds is 3. The van der Waals surface area contributed by atoms with E-state index in [1.807, 2.05) is 31.2 Å². The van der Waals surface area contributed by atoms with Gasteiger partial charge in [-0.05, 0) is 19.1 Å². The molecule has 0 fully saturated rings. The quantitative estimate of drug-likeness (QED) is 0.716. The highest BCUT2D eigenvalue weighted by atomic mass is 16.5. The van der Waals surface area contributed by atoms with Crippen LogP contribution < -0.4 is 16.0 Å². The van der Waals surface area contributed by atoms with E-state index < -0.39 is 5.69 Å². The van der Waals surface area contributed by atoms with E-state index in [2.05, 4.69) is 4.98 Å². The fourth-order valence-electron chi connectivity index (χ4n) is 2.27. The normalized spacial score (nSPS) is 11.0. The van der Waals surface area contributed by atoms with Crippen molar-refractivity contribution in [2.75, 3.05) is 0 Å². The fraction of sp³-hybridized carbons (Fsp3) is 0.267. The Balaban J connectivity index is 2.00. The Bertz CT molecular complexity index is 948. The van der Waals surface area contributed by atoms with Gasteiger partial charge in [-0.25, -0.2) is 9.78 Å². The summed E-state index contributed by atoms with van der Waals surface area (Å²) in [5.41, 5.74) is 1.05. The van der Waals surface area contributed by atoms with Crippen LogP contribution in [0.4, 0.5) is 0 Å². The van der Waals surface area contributed by atoms with E-state index >= 15 is 0 Å². The van der Waals surface area contributed by atoms with Gasteiger partial charge in [0.15, 0.2) is 17.9 Å². The Morgan fingerprint density at radius 3 is 2.45 bits per heavy atom. The third-order valence-electron chi connectivity index (χ3n) is 3.61. The third kappa shape index (κ3) is 2.20. The minimum absolute atomic E-state index is 0.146. The van der Waals surface area contributed by atoms with E-state index in [9.17, 15) is 9.59 Å². The molecule has 114 valence electrons. The zero-order valence-electron chi connectivity index (χ0n) is 12.6. The number of imidazole rings is 1. The summed E-state index contributed by atoms with van der Waals surface area (Å²) >= 11 is 0. The van der Waals surface area contributed by atoms with Crippen molar-refractivity contribution in [3.8, 4) is 5.75 Å². The van der Waals surface area contributed by atoms with Crippen LogP contribution in [-0.2, 0) is 20.8 Å². The minimum Gasteiger partial charge on any atom is -0.473 e. The van der Waals surface area contributed by atoms with Crippen LogP contribution in [0.25, 0.3) is 11.2 Å². The van der Waals surface area contributed by atoms with Crippen LogP contribution in [0.1, 0.15) is 5.56 Å². The monoisotopic (exact) mass is 300 g/mol. The maximum Gasteiger partial charge on any atom is 0.332 e. The van der Waals surface area contributed by atoms with Crippen molar-refractivity contribution in [1.29, 1.82) is 0 Å². The molecule has 0 aliphatic heterocycles. The summed E-state index contributed by atoms with van der Waals surface area (Å²) in [6, 6.07) is 7.62. The Labute approximate surface area is 126 Å². The van der Waals surface area contributed by atoms with Crippen molar-refractivity contribution in [3.05, 3.63) is 57.0 Å². The molecule has 0 aliphatic rings. The van der Waals surface area contributed by atoms with Crippen LogP contribution in [0.2, 0.25) is 0 Å². The molecule has 22 heavy (non-hydrogen) atoms. The SMILES string of the molecule is Cc1ccc(OCn2cnc3c2c(=O)n(C)c(=O)n3C)cc1. The summed E-state index contributed by atoms with van der Waals surface area (Å²) in [5, 5.41) is 0. The molecule has 3 aromatic rings. The molecule has 7 nitrogen and oxygen atoms in total. The van der Waals surface area contributed by atoms with E-state index in [1.54, 1.807) is 11.6 Å². The summed E-state index contributed by atoms with van der Waals surface area (Å²) in [6.07, 6.45) is 1.50. The Kier molecular flexibility index (Phi) is 3.32. The molecule has 0 radical (unpaired) electrons. The zero-order chi connectivity index (χ0) is 15.9. The zero-order valence-corrected chi connectivity index (χ0v) is 12.6. The smallest absolute Gasteiger partial charge is 0.332 e. The molecule has 0 N–H and O–H groups in total. The van der Waals surface area contributed by atoms with Gasteiger partial charge in [-0.3, -0.25) is 18.5 Å². The van der Waals surface area contributed by atoms with Crippen LogP contribution >= 0.6 is 0 Å². The molecule has 0 atom stereocenters. The van der Waals surface area contributed by atoms with Gasteiger partial charge in [0, 0.05) is 14.1 Å². The molecule has 0 saturated carbocycles. The Hall–Kier alpha value is -2.83. The van der Waals surface area contributed by atoms with E-state index in [4.69, 9.17) is 4.74 Å². The number of benzene rings is 1. The lowest BCUT2D eigenvalue weighted by molar-refractivity contribution is 0.240. The summed E-state index contributed by atoms with van der Waals surface area (Å²) in [7, 11) is 3.03. The highest BCUT2D eigenvalue weighted by molar-refractivity contribution is 5.69. The number of fused-ring (bicyclic) bond motifs is 1. The van der Waals surface area contributed by atoms with E-state index in [1.165, 1.54) is 17.9 Å². The Morgan fingerprint density at radius 2 is 1.77 bits per heavy atom. The molecular formula is C15H16N4O3. The lowest BCUT2D eigenvalue weighted by Crippen LogP contribution is -2.37. The molecule has 0 spiro atoms. The summed E-state index contributed by atoms with van der Waals surface area (Å²) in [4.78, 5) is 28.3. The van der Waals surface area contributed by atoms with E-state index in [-0.39, 0.29) is 12.3 Å². The average molecular weight is 300 g/mol. The Morgan fingerprint density at radius 1 is 1.09 bits per heavy atom. The fourth-order valence-corrected chi connectivity index (χ4v) is 2.27. The van der Waals surface area contributed by atoms with Crippen molar-refractivity contribution in [3.63, 3.8) is 0 Å². The first-order chi connectivity index (χ1) is 10.5. The molecule has 1 aromatic carbocycles. The molecule has 0 bridgehead atoms. The number of nitrogens with zero attached hydrogens (tertiary/aromatic N) is 4. The van der Waals surface area contributed by atoms with Gasteiger partial charge in [-0.15, -0.1) is 0 Å². The second kappa shape index (κ2) is 5.18. The first-order valence-electron chi connectivity index (χ1n) is 6.79. The number of hydrogen-bond donors (Lipinski definition) is 0. The number of ether oxygens (including phenoxy) is 1. The topological polar surface area (TPSA) is 71.1 Å². The lowest BCUT2D eigenvalue weighted by atomic mass is 10.2.